The van der Waals surface area contributed by atoms with Crippen LogP contribution in [0.1, 0.15) is 18.5 Å². The highest BCUT2D eigenvalue weighted by atomic mass is 35.5. The Morgan fingerprint density at radius 3 is 3.00 bits per heavy atom. The Morgan fingerprint density at radius 1 is 1.67 bits per heavy atom. The van der Waals surface area contributed by atoms with E-state index in [2.05, 4.69) is 10.4 Å². The minimum Gasteiger partial charge on any atom is -0.383 e. The van der Waals surface area contributed by atoms with Gasteiger partial charge in [-0.2, -0.15) is 0 Å². The number of halogens is 1. The number of pyridine rings is 1. The number of nitrogens with two attached hydrogens (primary N) is 2. The van der Waals surface area contributed by atoms with Crippen LogP contribution in [0, 0.1) is 0 Å². The van der Waals surface area contributed by atoms with E-state index in [1.54, 1.807) is 6.07 Å². The fourth-order valence-electron chi connectivity index (χ4n) is 1.21. The van der Waals surface area contributed by atoms with E-state index in [0.29, 0.717) is 24.1 Å². The maximum absolute atomic E-state index is 5.82. The van der Waals surface area contributed by atoms with Crippen molar-refractivity contribution in [3.8, 4) is 0 Å². The molecule has 1 aromatic rings. The minimum atomic E-state index is -0.198. The lowest BCUT2D eigenvalue weighted by atomic mass is 10.1. The monoisotopic (exact) mass is 230 g/mol. The van der Waals surface area contributed by atoms with Gasteiger partial charge in [0.2, 0.25) is 0 Å². The van der Waals surface area contributed by atoms with Crippen molar-refractivity contribution in [2.45, 2.75) is 13.0 Å². The second-order valence-corrected chi connectivity index (χ2v) is 3.44. The van der Waals surface area contributed by atoms with Gasteiger partial charge in [-0.3, -0.25) is 11.3 Å². The van der Waals surface area contributed by atoms with Gasteiger partial charge in [0.05, 0.1) is 17.7 Å². The molecule has 1 atom stereocenters. The highest BCUT2D eigenvalue weighted by molar-refractivity contribution is 6.30. The molecule has 0 amide bonds. The number of nitrogens with one attached hydrogen (secondary N) is 1. The minimum absolute atomic E-state index is 0.198. The number of hydrazine groups is 1. The van der Waals surface area contributed by atoms with E-state index in [9.17, 15) is 0 Å². The summed E-state index contributed by atoms with van der Waals surface area (Å²) in [5.41, 5.74) is 9.08. The van der Waals surface area contributed by atoms with E-state index in [1.165, 1.54) is 6.20 Å². The van der Waals surface area contributed by atoms with Crippen LogP contribution in [-0.2, 0) is 4.74 Å². The van der Waals surface area contributed by atoms with E-state index in [0.717, 1.165) is 5.56 Å². The summed E-state index contributed by atoms with van der Waals surface area (Å²) in [6.45, 7) is 2.96. The van der Waals surface area contributed by atoms with Gasteiger partial charge in [-0.15, -0.1) is 0 Å². The lowest BCUT2D eigenvalue weighted by Gasteiger charge is -2.17. The van der Waals surface area contributed by atoms with Crippen LogP contribution in [0.5, 0.6) is 0 Å². The van der Waals surface area contributed by atoms with Crippen molar-refractivity contribution in [2.75, 3.05) is 18.9 Å². The molecule has 0 aliphatic rings. The second kappa shape index (κ2) is 5.87. The van der Waals surface area contributed by atoms with Crippen molar-refractivity contribution >= 4 is 17.4 Å². The SMILES string of the molecule is CCOCC(NN)c1cc(Cl)cnc1N. The molecule has 0 aromatic carbocycles. The summed E-state index contributed by atoms with van der Waals surface area (Å²) in [7, 11) is 0. The molecule has 1 unspecified atom stereocenters. The number of nitrogen functional groups attached to an aromatic ring is 1. The van der Waals surface area contributed by atoms with Crippen molar-refractivity contribution in [3.05, 3.63) is 22.8 Å². The normalized spacial score (nSPS) is 12.7. The summed E-state index contributed by atoms with van der Waals surface area (Å²) in [4.78, 5) is 3.95. The number of rotatable bonds is 5. The molecule has 0 saturated carbocycles. The molecule has 0 radical (unpaired) electrons. The van der Waals surface area contributed by atoms with Crippen LogP contribution in [0.4, 0.5) is 5.82 Å². The van der Waals surface area contributed by atoms with Crippen LogP contribution in [0.15, 0.2) is 12.3 Å². The third-order valence-electron chi connectivity index (χ3n) is 1.98. The first-order valence-corrected chi connectivity index (χ1v) is 5.01. The number of hydrogen-bond acceptors (Lipinski definition) is 5. The van der Waals surface area contributed by atoms with E-state index in [1.807, 2.05) is 6.92 Å². The highest BCUT2D eigenvalue weighted by Gasteiger charge is 2.14. The average Bonchev–Trinajstić information content (AvgIpc) is 2.24. The summed E-state index contributed by atoms with van der Waals surface area (Å²) in [5, 5.41) is 0.524. The molecule has 5 nitrogen and oxygen atoms in total. The molecule has 1 aromatic heterocycles. The zero-order valence-corrected chi connectivity index (χ0v) is 9.29. The molecule has 0 fully saturated rings. The van der Waals surface area contributed by atoms with E-state index < -0.39 is 0 Å². The summed E-state index contributed by atoms with van der Waals surface area (Å²) < 4.78 is 5.27. The number of aromatic nitrogens is 1. The van der Waals surface area contributed by atoms with Gasteiger partial charge in [-0.25, -0.2) is 4.98 Å². The Hall–Kier alpha value is -0.880. The van der Waals surface area contributed by atoms with Gasteiger partial charge in [0.1, 0.15) is 5.82 Å². The molecule has 0 aliphatic heterocycles. The zero-order valence-electron chi connectivity index (χ0n) is 8.53. The second-order valence-electron chi connectivity index (χ2n) is 3.01. The molecule has 0 aliphatic carbocycles. The molecule has 84 valence electrons. The molecule has 15 heavy (non-hydrogen) atoms. The van der Waals surface area contributed by atoms with Gasteiger partial charge in [0.25, 0.3) is 0 Å². The van der Waals surface area contributed by atoms with E-state index >= 15 is 0 Å². The Labute approximate surface area is 93.7 Å². The van der Waals surface area contributed by atoms with E-state index in [-0.39, 0.29) is 6.04 Å². The van der Waals surface area contributed by atoms with Crippen LogP contribution >= 0.6 is 11.6 Å². The zero-order chi connectivity index (χ0) is 11.3. The molecule has 0 bridgehead atoms. The van der Waals surface area contributed by atoms with Crippen molar-refractivity contribution in [3.63, 3.8) is 0 Å². The molecular weight excluding hydrogens is 216 g/mol. The third kappa shape index (κ3) is 3.32. The first-order chi connectivity index (χ1) is 7.19. The van der Waals surface area contributed by atoms with Crippen LogP contribution in [0.25, 0.3) is 0 Å². The van der Waals surface area contributed by atoms with Crippen molar-refractivity contribution in [1.82, 2.24) is 10.4 Å². The lowest BCUT2D eigenvalue weighted by molar-refractivity contribution is 0.123. The first-order valence-electron chi connectivity index (χ1n) is 4.63. The fourth-order valence-corrected chi connectivity index (χ4v) is 1.37. The number of ether oxygens (including phenoxy) is 1. The number of hydrogen-bond donors (Lipinski definition) is 3. The van der Waals surface area contributed by atoms with Crippen molar-refractivity contribution < 1.29 is 4.74 Å². The maximum Gasteiger partial charge on any atom is 0.128 e. The fraction of sp³-hybridized carbons (Fsp3) is 0.444. The van der Waals surface area contributed by atoms with Gasteiger partial charge >= 0.3 is 0 Å². The average molecular weight is 231 g/mol. The lowest BCUT2D eigenvalue weighted by Crippen LogP contribution is -2.32. The first kappa shape index (κ1) is 12.2. The summed E-state index contributed by atoms with van der Waals surface area (Å²) in [6, 6.07) is 1.53. The molecule has 5 N–H and O–H groups in total. The Bertz CT molecular complexity index is 321. The van der Waals surface area contributed by atoms with Crippen LogP contribution in [0.3, 0.4) is 0 Å². The van der Waals surface area contributed by atoms with E-state index in [4.69, 9.17) is 27.9 Å². The van der Waals surface area contributed by atoms with Gasteiger partial charge < -0.3 is 10.5 Å². The predicted molar refractivity (Wildman–Crippen MR) is 60.2 cm³/mol. The van der Waals surface area contributed by atoms with Gasteiger partial charge in [0.15, 0.2) is 0 Å². The quantitative estimate of drug-likeness (QED) is 0.516. The molecule has 1 rings (SSSR count). The summed E-state index contributed by atoms with van der Waals surface area (Å²) in [6.07, 6.45) is 1.49. The predicted octanol–water partition coefficient (Wildman–Crippen LogP) is 0.858. The molecular formula is C9H15ClN4O. The Kier molecular flexibility index (Phi) is 4.77. The maximum atomic E-state index is 5.82. The Balaban J connectivity index is 2.85. The number of anilines is 1. The van der Waals surface area contributed by atoms with Gasteiger partial charge in [-0.05, 0) is 13.0 Å². The topological polar surface area (TPSA) is 86.2 Å². The van der Waals surface area contributed by atoms with Crippen molar-refractivity contribution in [2.24, 2.45) is 5.84 Å². The van der Waals surface area contributed by atoms with Gasteiger partial charge in [-0.1, -0.05) is 11.6 Å². The van der Waals surface area contributed by atoms with Crippen molar-refractivity contribution in [1.29, 1.82) is 0 Å². The molecule has 6 heteroatoms. The summed E-state index contributed by atoms with van der Waals surface area (Å²) in [5.74, 6) is 5.81. The summed E-state index contributed by atoms with van der Waals surface area (Å²) >= 11 is 5.82. The standard InChI is InChI=1S/C9H15ClN4O/c1-2-15-5-8(14-12)7-3-6(10)4-13-9(7)11/h3-4,8,14H,2,5,12H2,1H3,(H2,11,13). The largest absolute Gasteiger partial charge is 0.383 e. The van der Waals surface area contributed by atoms with Crippen LogP contribution in [-0.4, -0.2) is 18.2 Å². The molecule has 0 spiro atoms. The molecule has 0 saturated heterocycles. The highest BCUT2D eigenvalue weighted by Crippen LogP contribution is 2.21. The molecule has 1 heterocycles. The van der Waals surface area contributed by atoms with Gasteiger partial charge in [0, 0.05) is 18.4 Å². The Morgan fingerprint density at radius 2 is 2.40 bits per heavy atom. The number of nitrogens with zero attached hydrogens (tertiary/aromatic N) is 1. The van der Waals surface area contributed by atoms with Crippen LogP contribution < -0.4 is 17.0 Å². The van der Waals surface area contributed by atoms with Crippen LogP contribution in [0.2, 0.25) is 5.02 Å². The smallest absolute Gasteiger partial charge is 0.128 e. The third-order valence-corrected chi connectivity index (χ3v) is 2.19.